The van der Waals surface area contributed by atoms with Gasteiger partial charge >= 0.3 is 5.97 Å². The van der Waals surface area contributed by atoms with Gasteiger partial charge in [0.1, 0.15) is 0 Å². The lowest BCUT2D eigenvalue weighted by atomic mass is 10.1. The average Bonchev–Trinajstić information content (AvgIpc) is 2.67. The zero-order chi connectivity index (χ0) is 20.8. The Labute approximate surface area is 161 Å². The molecule has 0 aromatic heterocycles. The number of benzene rings is 2. The lowest BCUT2D eigenvalue weighted by Gasteiger charge is -2.13. The van der Waals surface area contributed by atoms with Crippen molar-refractivity contribution in [3.63, 3.8) is 0 Å². The average molecular weight is 384 g/mol. The van der Waals surface area contributed by atoms with Crippen LogP contribution in [0, 0.1) is 16.0 Å². The van der Waals surface area contributed by atoms with E-state index in [0.29, 0.717) is 11.3 Å². The number of hydrogen-bond donors (Lipinski definition) is 1. The van der Waals surface area contributed by atoms with Crippen molar-refractivity contribution in [2.45, 2.75) is 26.9 Å². The van der Waals surface area contributed by atoms with Crippen molar-refractivity contribution in [2.75, 3.05) is 5.32 Å². The number of Topliss-reactive ketones (excluding diaryl/α,β-unsaturated/α-hetero) is 1. The van der Waals surface area contributed by atoms with Gasteiger partial charge in [-0.15, -0.1) is 0 Å². The van der Waals surface area contributed by atoms with Crippen LogP contribution in [-0.4, -0.2) is 28.7 Å². The Morgan fingerprint density at radius 2 is 1.46 bits per heavy atom. The van der Waals surface area contributed by atoms with Crippen LogP contribution in [0.4, 0.5) is 11.4 Å². The van der Waals surface area contributed by atoms with Gasteiger partial charge in [-0.3, -0.25) is 19.7 Å². The molecule has 0 saturated heterocycles. The summed E-state index contributed by atoms with van der Waals surface area (Å²) in [7, 11) is 0. The number of nitrogens with one attached hydrogen (secondary N) is 1. The molecule has 0 bridgehead atoms. The topological polar surface area (TPSA) is 116 Å². The second-order valence-corrected chi connectivity index (χ2v) is 6.44. The Kier molecular flexibility index (Phi) is 6.59. The summed E-state index contributed by atoms with van der Waals surface area (Å²) >= 11 is 0. The third-order valence-electron chi connectivity index (χ3n) is 3.93. The van der Waals surface area contributed by atoms with Crippen LogP contribution in [0.5, 0.6) is 0 Å². The van der Waals surface area contributed by atoms with Crippen molar-refractivity contribution in [3.8, 4) is 0 Å². The van der Waals surface area contributed by atoms with Crippen molar-refractivity contribution in [2.24, 2.45) is 5.92 Å². The molecule has 0 aliphatic heterocycles. The molecule has 1 N–H and O–H groups in total. The van der Waals surface area contributed by atoms with Crippen LogP contribution in [0.3, 0.4) is 0 Å². The summed E-state index contributed by atoms with van der Waals surface area (Å²) in [5, 5.41) is 13.4. The third-order valence-corrected chi connectivity index (χ3v) is 3.93. The first kappa shape index (κ1) is 20.8. The maximum atomic E-state index is 12.4. The fourth-order valence-corrected chi connectivity index (χ4v) is 2.24. The monoisotopic (exact) mass is 384 g/mol. The Hall–Kier alpha value is -3.55. The van der Waals surface area contributed by atoms with Crippen molar-refractivity contribution < 1.29 is 24.0 Å². The number of esters is 1. The molecule has 2 aromatic rings. The predicted octanol–water partition coefficient (Wildman–Crippen LogP) is 3.62. The van der Waals surface area contributed by atoms with E-state index in [2.05, 4.69) is 5.32 Å². The molecule has 1 amide bonds. The van der Waals surface area contributed by atoms with Gasteiger partial charge in [0, 0.05) is 29.3 Å². The molecular formula is C20H20N2O6. The third kappa shape index (κ3) is 5.23. The van der Waals surface area contributed by atoms with Gasteiger partial charge in [-0.1, -0.05) is 13.8 Å². The fourth-order valence-electron chi connectivity index (χ4n) is 2.24. The SMILES string of the molecule is CC(C)C(=O)Nc1ccc(C(=O)C(C)OC(=O)c2ccc([N+](=O)[O-])cc2)cc1. The van der Waals surface area contributed by atoms with E-state index in [1.807, 2.05) is 0 Å². The summed E-state index contributed by atoms with van der Waals surface area (Å²) in [5.74, 6) is -1.46. The highest BCUT2D eigenvalue weighted by Gasteiger charge is 2.21. The summed E-state index contributed by atoms with van der Waals surface area (Å²) in [6, 6.07) is 11.2. The van der Waals surface area contributed by atoms with E-state index in [0.717, 1.165) is 0 Å². The maximum absolute atomic E-state index is 12.4. The van der Waals surface area contributed by atoms with Crippen molar-refractivity contribution >= 4 is 29.0 Å². The molecule has 0 radical (unpaired) electrons. The Morgan fingerprint density at radius 3 is 1.96 bits per heavy atom. The quantitative estimate of drug-likeness (QED) is 0.337. The molecule has 0 saturated carbocycles. The molecular weight excluding hydrogens is 364 g/mol. The van der Waals surface area contributed by atoms with Gasteiger partial charge in [0.25, 0.3) is 5.69 Å². The summed E-state index contributed by atoms with van der Waals surface area (Å²) in [6.07, 6.45) is -1.04. The number of nitro benzene ring substituents is 1. The van der Waals surface area contributed by atoms with Crippen LogP contribution >= 0.6 is 0 Å². The summed E-state index contributed by atoms with van der Waals surface area (Å²) in [4.78, 5) is 46.3. The minimum absolute atomic E-state index is 0.108. The van der Waals surface area contributed by atoms with E-state index < -0.39 is 22.8 Å². The zero-order valence-electron chi connectivity index (χ0n) is 15.7. The fraction of sp³-hybridized carbons (Fsp3) is 0.250. The summed E-state index contributed by atoms with van der Waals surface area (Å²) < 4.78 is 5.15. The number of anilines is 1. The van der Waals surface area contributed by atoms with Crippen LogP contribution in [-0.2, 0) is 9.53 Å². The predicted molar refractivity (Wildman–Crippen MR) is 102 cm³/mol. The van der Waals surface area contributed by atoms with Crippen molar-refractivity contribution in [3.05, 3.63) is 69.8 Å². The van der Waals surface area contributed by atoms with Crippen LogP contribution in [0.2, 0.25) is 0 Å². The summed E-state index contributed by atoms with van der Waals surface area (Å²) in [5.41, 5.74) is 0.847. The highest BCUT2D eigenvalue weighted by Crippen LogP contribution is 2.16. The van der Waals surface area contributed by atoms with Gasteiger partial charge in [0.15, 0.2) is 6.10 Å². The normalized spacial score (nSPS) is 11.6. The van der Waals surface area contributed by atoms with Gasteiger partial charge in [-0.2, -0.15) is 0 Å². The number of nitro groups is 1. The second-order valence-electron chi connectivity index (χ2n) is 6.44. The van der Waals surface area contributed by atoms with E-state index in [4.69, 9.17) is 4.74 Å². The molecule has 1 atom stereocenters. The number of carbonyl (C=O) groups is 3. The molecule has 0 heterocycles. The Morgan fingerprint density at radius 1 is 0.929 bits per heavy atom. The van der Waals surface area contributed by atoms with Crippen molar-refractivity contribution in [1.82, 2.24) is 0 Å². The smallest absolute Gasteiger partial charge is 0.338 e. The van der Waals surface area contributed by atoms with Crippen LogP contribution < -0.4 is 5.32 Å². The van der Waals surface area contributed by atoms with Crippen molar-refractivity contribution in [1.29, 1.82) is 0 Å². The number of amides is 1. The molecule has 0 fully saturated rings. The number of rotatable bonds is 7. The first-order chi connectivity index (χ1) is 13.2. The highest BCUT2D eigenvalue weighted by molar-refractivity contribution is 6.02. The molecule has 2 aromatic carbocycles. The minimum atomic E-state index is -1.04. The van der Waals surface area contributed by atoms with E-state index >= 15 is 0 Å². The largest absolute Gasteiger partial charge is 0.451 e. The molecule has 8 nitrogen and oxygen atoms in total. The van der Waals surface area contributed by atoms with E-state index in [1.165, 1.54) is 43.3 Å². The summed E-state index contributed by atoms with van der Waals surface area (Å²) in [6.45, 7) is 4.99. The lowest BCUT2D eigenvalue weighted by molar-refractivity contribution is -0.384. The first-order valence-corrected chi connectivity index (χ1v) is 8.59. The second kappa shape index (κ2) is 8.90. The molecule has 0 spiro atoms. The molecule has 28 heavy (non-hydrogen) atoms. The van der Waals surface area contributed by atoms with Crippen LogP contribution in [0.15, 0.2) is 48.5 Å². The highest BCUT2D eigenvalue weighted by atomic mass is 16.6. The molecule has 0 aliphatic rings. The van der Waals surface area contributed by atoms with Gasteiger partial charge in [0.05, 0.1) is 10.5 Å². The van der Waals surface area contributed by atoms with Gasteiger partial charge in [0.2, 0.25) is 11.7 Å². The first-order valence-electron chi connectivity index (χ1n) is 8.59. The number of hydrogen-bond acceptors (Lipinski definition) is 6. The molecule has 2 rings (SSSR count). The van der Waals surface area contributed by atoms with Crippen LogP contribution in [0.1, 0.15) is 41.5 Å². The number of carbonyl (C=O) groups excluding carboxylic acids is 3. The molecule has 8 heteroatoms. The minimum Gasteiger partial charge on any atom is -0.451 e. The number of nitrogens with zero attached hydrogens (tertiary/aromatic N) is 1. The van der Waals surface area contributed by atoms with E-state index in [1.54, 1.807) is 26.0 Å². The standard InChI is InChI=1S/C20H20N2O6/c1-12(2)19(24)21-16-8-4-14(5-9-16)18(23)13(3)28-20(25)15-6-10-17(11-7-15)22(26)27/h4-13H,1-3H3,(H,21,24). The zero-order valence-corrected chi connectivity index (χ0v) is 15.7. The molecule has 1 unspecified atom stereocenters. The number of ether oxygens (including phenoxy) is 1. The number of non-ortho nitro benzene ring substituents is 1. The molecule has 0 aliphatic carbocycles. The Bertz CT molecular complexity index is 888. The number of ketones is 1. The maximum Gasteiger partial charge on any atom is 0.338 e. The van der Waals surface area contributed by atoms with E-state index in [9.17, 15) is 24.5 Å². The molecule has 146 valence electrons. The van der Waals surface area contributed by atoms with Gasteiger partial charge in [-0.25, -0.2) is 4.79 Å². The van der Waals surface area contributed by atoms with Crippen LogP contribution in [0.25, 0.3) is 0 Å². The Balaban J connectivity index is 2.00. The van der Waals surface area contributed by atoms with Gasteiger partial charge < -0.3 is 10.1 Å². The van der Waals surface area contributed by atoms with Gasteiger partial charge in [-0.05, 0) is 43.3 Å². The van der Waals surface area contributed by atoms with E-state index in [-0.39, 0.29) is 23.1 Å². The lowest BCUT2D eigenvalue weighted by Crippen LogP contribution is -2.24.